The number of fused-ring (bicyclic) bond motifs is 1. The standard InChI is InChI=1S/C12H15NO3.ClH/c13-7-10(6-12(14)15)8-1-2-11-9(5-8)3-4-16-11;/h1-2,5,10H,3-4,6-7,13H2,(H,14,15);1H. The van der Waals surface area contributed by atoms with Crippen LogP contribution < -0.4 is 10.5 Å². The van der Waals surface area contributed by atoms with E-state index in [0.717, 1.165) is 23.3 Å². The minimum absolute atomic E-state index is 0. The van der Waals surface area contributed by atoms with Crippen molar-refractivity contribution in [1.82, 2.24) is 0 Å². The maximum atomic E-state index is 10.7. The second kappa shape index (κ2) is 5.89. The van der Waals surface area contributed by atoms with Crippen LogP contribution in [0.15, 0.2) is 18.2 Å². The molecule has 5 heteroatoms. The molecule has 0 saturated carbocycles. The molecule has 1 atom stereocenters. The van der Waals surface area contributed by atoms with Crippen molar-refractivity contribution >= 4 is 18.4 Å². The quantitative estimate of drug-likeness (QED) is 0.859. The van der Waals surface area contributed by atoms with Gasteiger partial charge < -0.3 is 15.6 Å². The van der Waals surface area contributed by atoms with Crippen LogP contribution in [-0.4, -0.2) is 24.2 Å². The third-order valence-electron chi connectivity index (χ3n) is 2.89. The second-order valence-electron chi connectivity index (χ2n) is 4.00. The van der Waals surface area contributed by atoms with E-state index >= 15 is 0 Å². The van der Waals surface area contributed by atoms with E-state index in [1.165, 1.54) is 0 Å². The first kappa shape index (κ1) is 13.8. The zero-order chi connectivity index (χ0) is 11.5. The van der Waals surface area contributed by atoms with Gasteiger partial charge in [0.1, 0.15) is 5.75 Å². The van der Waals surface area contributed by atoms with Crippen LogP contribution in [0.2, 0.25) is 0 Å². The summed E-state index contributed by atoms with van der Waals surface area (Å²) in [6, 6.07) is 5.83. The Balaban J connectivity index is 0.00000144. The van der Waals surface area contributed by atoms with Crippen molar-refractivity contribution in [2.75, 3.05) is 13.2 Å². The van der Waals surface area contributed by atoms with Crippen molar-refractivity contribution in [3.8, 4) is 5.75 Å². The summed E-state index contributed by atoms with van der Waals surface area (Å²) in [7, 11) is 0. The van der Waals surface area contributed by atoms with Gasteiger partial charge in [0.15, 0.2) is 0 Å². The number of carbonyl (C=O) groups is 1. The lowest BCUT2D eigenvalue weighted by atomic mass is 9.94. The molecule has 4 nitrogen and oxygen atoms in total. The van der Waals surface area contributed by atoms with E-state index in [1.54, 1.807) is 0 Å². The third kappa shape index (κ3) is 3.11. The van der Waals surface area contributed by atoms with E-state index in [4.69, 9.17) is 15.6 Å². The van der Waals surface area contributed by atoms with Gasteiger partial charge in [0.25, 0.3) is 0 Å². The zero-order valence-corrected chi connectivity index (χ0v) is 10.2. The van der Waals surface area contributed by atoms with Gasteiger partial charge in [-0.2, -0.15) is 0 Å². The smallest absolute Gasteiger partial charge is 0.304 e. The maximum absolute atomic E-state index is 10.7. The first-order valence-electron chi connectivity index (χ1n) is 5.38. The van der Waals surface area contributed by atoms with Gasteiger partial charge in [0, 0.05) is 12.3 Å². The fourth-order valence-electron chi connectivity index (χ4n) is 2.01. The van der Waals surface area contributed by atoms with Gasteiger partial charge in [-0.3, -0.25) is 4.79 Å². The molecule has 0 spiro atoms. The molecule has 1 aromatic carbocycles. The number of carboxylic acids is 1. The zero-order valence-electron chi connectivity index (χ0n) is 9.39. The number of hydrogen-bond acceptors (Lipinski definition) is 3. The average Bonchev–Trinajstić information content (AvgIpc) is 2.72. The Morgan fingerprint density at radius 2 is 2.29 bits per heavy atom. The van der Waals surface area contributed by atoms with Crippen molar-refractivity contribution in [3.05, 3.63) is 29.3 Å². The Labute approximate surface area is 106 Å². The lowest BCUT2D eigenvalue weighted by Gasteiger charge is -2.13. The first-order valence-corrected chi connectivity index (χ1v) is 5.38. The first-order chi connectivity index (χ1) is 7.70. The molecule has 94 valence electrons. The number of rotatable bonds is 4. The van der Waals surface area contributed by atoms with E-state index in [2.05, 4.69) is 0 Å². The van der Waals surface area contributed by atoms with Gasteiger partial charge in [-0.05, 0) is 23.7 Å². The predicted molar refractivity (Wildman–Crippen MR) is 66.9 cm³/mol. The summed E-state index contributed by atoms with van der Waals surface area (Å²) in [5.74, 6) is -0.00885. The van der Waals surface area contributed by atoms with Crippen LogP contribution in [0.4, 0.5) is 0 Å². The summed E-state index contributed by atoms with van der Waals surface area (Å²) in [6.07, 6.45) is 0.976. The fraction of sp³-hybridized carbons (Fsp3) is 0.417. The molecule has 1 heterocycles. The van der Waals surface area contributed by atoms with E-state index in [9.17, 15) is 4.79 Å². The van der Waals surface area contributed by atoms with E-state index in [1.807, 2.05) is 18.2 Å². The van der Waals surface area contributed by atoms with Crippen molar-refractivity contribution < 1.29 is 14.6 Å². The Hall–Kier alpha value is -1.26. The Kier molecular flexibility index (Phi) is 4.78. The normalized spacial score (nSPS) is 14.4. The van der Waals surface area contributed by atoms with Gasteiger partial charge in [-0.25, -0.2) is 0 Å². The van der Waals surface area contributed by atoms with Crippen molar-refractivity contribution in [2.24, 2.45) is 5.73 Å². The van der Waals surface area contributed by atoms with Gasteiger partial charge in [0.05, 0.1) is 13.0 Å². The maximum Gasteiger partial charge on any atom is 0.304 e. The Morgan fingerprint density at radius 3 is 2.94 bits per heavy atom. The molecule has 0 aliphatic carbocycles. The SMILES string of the molecule is Cl.NCC(CC(=O)O)c1ccc2c(c1)CCO2. The summed E-state index contributed by atoms with van der Waals surface area (Å²) < 4.78 is 5.40. The van der Waals surface area contributed by atoms with Crippen LogP contribution in [0.1, 0.15) is 23.5 Å². The lowest BCUT2D eigenvalue weighted by molar-refractivity contribution is -0.137. The van der Waals surface area contributed by atoms with Gasteiger partial charge >= 0.3 is 5.97 Å². The van der Waals surface area contributed by atoms with Crippen LogP contribution in [-0.2, 0) is 11.2 Å². The summed E-state index contributed by atoms with van der Waals surface area (Å²) >= 11 is 0. The van der Waals surface area contributed by atoms with Crippen LogP contribution >= 0.6 is 12.4 Å². The van der Waals surface area contributed by atoms with Crippen LogP contribution in [0, 0.1) is 0 Å². The Morgan fingerprint density at radius 1 is 1.53 bits per heavy atom. The topological polar surface area (TPSA) is 72.6 Å². The lowest BCUT2D eigenvalue weighted by Crippen LogP contribution is -2.16. The molecule has 2 rings (SSSR count). The molecule has 0 bridgehead atoms. The van der Waals surface area contributed by atoms with Crippen LogP contribution in [0.25, 0.3) is 0 Å². The average molecular weight is 258 g/mol. The number of halogens is 1. The molecule has 1 aliphatic heterocycles. The minimum Gasteiger partial charge on any atom is -0.493 e. The summed E-state index contributed by atoms with van der Waals surface area (Å²) in [5.41, 5.74) is 7.75. The van der Waals surface area contributed by atoms with E-state index < -0.39 is 5.97 Å². The molecule has 0 saturated heterocycles. The molecule has 0 aromatic heterocycles. The molecule has 1 aliphatic rings. The highest BCUT2D eigenvalue weighted by Crippen LogP contribution is 2.29. The number of hydrogen-bond donors (Lipinski definition) is 2. The number of ether oxygens (including phenoxy) is 1. The number of benzene rings is 1. The summed E-state index contributed by atoms with van der Waals surface area (Å²) in [6.45, 7) is 1.07. The van der Waals surface area contributed by atoms with Gasteiger partial charge in [-0.15, -0.1) is 12.4 Å². The fourth-order valence-corrected chi connectivity index (χ4v) is 2.01. The molecule has 17 heavy (non-hydrogen) atoms. The molecule has 1 unspecified atom stereocenters. The highest BCUT2D eigenvalue weighted by molar-refractivity contribution is 5.85. The minimum atomic E-state index is -0.813. The molecule has 1 aromatic rings. The molecule has 0 amide bonds. The molecule has 0 radical (unpaired) electrons. The van der Waals surface area contributed by atoms with Crippen molar-refractivity contribution in [2.45, 2.75) is 18.8 Å². The third-order valence-corrected chi connectivity index (χ3v) is 2.89. The predicted octanol–water partition coefficient (Wildman–Crippen LogP) is 1.56. The van der Waals surface area contributed by atoms with Crippen LogP contribution in [0.3, 0.4) is 0 Å². The van der Waals surface area contributed by atoms with Crippen molar-refractivity contribution in [1.29, 1.82) is 0 Å². The number of nitrogens with two attached hydrogens (primary N) is 1. The number of carboxylic acid groups (broad SMARTS) is 1. The molecule has 3 N–H and O–H groups in total. The van der Waals surface area contributed by atoms with Gasteiger partial charge in [-0.1, -0.05) is 12.1 Å². The highest BCUT2D eigenvalue weighted by atomic mass is 35.5. The van der Waals surface area contributed by atoms with E-state index in [-0.39, 0.29) is 24.7 Å². The number of aliphatic carboxylic acids is 1. The highest BCUT2D eigenvalue weighted by Gasteiger charge is 2.18. The molecular formula is C12H16ClNO3. The van der Waals surface area contributed by atoms with Crippen molar-refractivity contribution in [3.63, 3.8) is 0 Å². The molecular weight excluding hydrogens is 242 g/mol. The molecule has 0 fully saturated rings. The monoisotopic (exact) mass is 257 g/mol. The summed E-state index contributed by atoms with van der Waals surface area (Å²) in [4.78, 5) is 10.7. The van der Waals surface area contributed by atoms with Gasteiger partial charge in [0.2, 0.25) is 0 Å². The summed E-state index contributed by atoms with van der Waals surface area (Å²) in [5, 5.41) is 8.79. The largest absolute Gasteiger partial charge is 0.493 e. The second-order valence-corrected chi connectivity index (χ2v) is 4.00. The van der Waals surface area contributed by atoms with Crippen LogP contribution in [0.5, 0.6) is 5.75 Å². The Bertz CT molecular complexity index is 409. The van der Waals surface area contributed by atoms with E-state index in [0.29, 0.717) is 13.2 Å².